The van der Waals surface area contributed by atoms with E-state index in [4.69, 9.17) is 11.6 Å². The van der Waals surface area contributed by atoms with Gasteiger partial charge in [-0.05, 0) is 28.1 Å². The van der Waals surface area contributed by atoms with Crippen LogP contribution in [0.1, 0.15) is 0 Å². The van der Waals surface area contributed by atoms with Crippen LogP contribution in [0.25, 0.3) is 0 Å². The van der Waals surface area contributed by atoms with Crippen molar-refractivity contribution in [2.45, 2.75) is 0 Å². The predicted molar refractivity (Wildman–Crippen MR) is 45.8 cm³/mol. The van der Waals surface area contributed by atoms with E-state index in [1.165, 1.54) is 0 Å². The molecule has 0 amide bonds. The number of nitrogens with zero attached hydrogens (tertiary/aromatic N) is 1. The van der Waals surface area contributed by atoms with Gasteiger partial charge in [0.2, 0.25) is 0 Å². The van der Waals surface area contributed by atoms with Gasteiger partial charge in [-0.3, -0.25) is 10.1 Å². The van der Waals surface area contributed by atoms with E-state index in [1.807, 2.05) is 0 Å². The number of benzene rings is 1. The van der Waals surface area contributed by atoms with Crippen molar-refractivity contribution in [3.63, 3.8) is 0 Å². The van der Waals surface area contributed by atoms with E-state index in [1.54, 1.807) is 0 Å². The third kappa shape index (κ3) is 1.56. The molecule has 0 unspecified atom stereocenters. The summed E-state index contributed by atoms with van der Waals surface area (Å²) < 4.78 is 12.5. The Morgan fingerprint density at radius 1 is 1.58 bits per heavy atom. The Hall–Kier alpha value is -0.680. The minimum Gasteiger partial charge on any atom is -0.258 e. The fraction of sp³-hybridized carbons (Fsp3) is 0. The number of hydrogen-bond donors (Lipinski definition) is 0. The highest BCUT2D eigenvalue weighted by atomic mass is 79.9. The summed E-state index contributed by atoms with van der Waals surface area (Å²) in [4.78, 5) is 9.58. The normalized spacial score (nSPS) is 9.92. The zero-order chi connectivity index (χ0) is 9.30. The second-order valence-corrected chi connectivity index (χ2v) is 3.15. The first-order valence-corrected chi connectivity index (χ1v) is 3.99. The van der Waals surface area contributed by atoms with Crippen LogP contribution in [0.3, 0.4) is 0 Å². The quantitative estimate of drug-likeness (QED) is 0.439. The molecule has 0 spiro atoms. The summed E-state index contributed by atoms with van der Waals surface area (Å²) in [5, 5.41) is 10.2. The van der Waals surface area contributed by atoms with Gasteiger partial charge in [0.25, 0.3) is 0 Å². The van der Waals surface area contributed by atoms with E-state index in [0.717, 1.165) is 12.1 Å². The maximum absolute atomic E-state index is 12.7. The van der Waals surface area contributed by atoms with Crippen LogP contribution in [0.2, 0.25) is 5.02 Å². The molecule has 0 radical (unpaired) electrons. The van der Waals surface area contributed by atoms with Crippen LogP contribution < -0.4 is 0 Å². The monoisotopic (exact) mass is 253 g/mol. The molecular formula is C6H2BrClFNO2. The van der Waals surface area contributed by atoms with Crippen LogP contribution in [-0.4, -0.2) is 4.92 Å². The molecule has 1 aromatic carbocycles. The molecule has 0 saturated heterocycles. The maximum atomic E-state index is 12.7. The average molecular weight is 254 g/mol. The van der Waals surface area contributed by atoms with Crippen molar-refractivity contribution in [1.29, 1.82) is 0 Å². The van der Waals surface area contributed by atoms with Crippen LogP contribution in [0.15, 0.2) is 16.6 Å². The minimum atomic E-state index is -0.741. The molecule has 0 heterocycles. The molecule has 0 aliphatic rings. The number of hydrogen-bond acceptors (Lipinski definition) is 2. The molecule has 0 aliphatic heterocycles. The highest BCUT2D eigenvalue weighted by Crippen LogP contribution is 2.34. The van der Waals surface area contributed by atoms with Crippen LogP contribution in [0.5, 0.6) is 0 Å². The van der Waals surface area contributed by atoms with Crippen LogP contribution in [-0.2, 0) is 0 Å². The van der Waals surface area contributed by atoms with Gasteiger partial charge in [0.05, 0.1) is 4.92 Å². The topological polar surface area (TPSA) is 43.1 Å². The molecule has 1 aromatic rings. The zero-order valence-corrected chi connectivity index (χ0v) is 7.89. The molecule has 3 nitrogen and oxygen atoms in total. The van der Waals surface area contributed by atoms with Gasteiger partial charge >= 0.3 is 5.69 Å². The zero-order valence-electron chi connectivity index (χ0n) is 5.55. The van der Waals surface area contributed by atoms with Crippen molar-refractivity contribution in [1.82, 2.24) is 0 Å². The van der Waals surface area contributed by atoms with E-state index in [2.05, 4.69) is 15.9 Å². The highest BCUT2D eigenvalue weighted by Gasteiger charge is 2.20. The summed E-state index contributed by atoms with van der Waals surface area (Å²) in [6.45, 7) is 0. The molecule has 6 heteroatoms. The van der Waals surface area contributed by atoms with Gasteiger partial charge in [0.15, 0.2) is 0 Å². The van der Waals surface area contributed by atoms with Gasteiger partial charge < -0.3 is 0 Å². The molecule has 0 aliphatic carbocycles. The number of rotatable bonds is 1. The summed E-state index contributed by atoms with van der Waals surface area (Å²) in [6.07, 6.45) is 0. The SMILES string of the molecule is O=[N+]([O-])c1c(Cl)ccc(F)c1Br. The van der Waals surface area contributed by atoms with Crippen molar-refractivity contribution in [2.24, 2.45) is 0 Å². The Balaban J connectivity index is 3.43. The summed E-state index contributed by atoms with van der Waals surface area (Å²) in [7, 11) is 0. The second kappa shape index (κ2) is 3.37. The average Bonchev–Trinajstić information content (AvgIpc) is 1.97. The van der Waals surface area contributed by atoms with Crippen molar-refractivity contribution in [3.8, 4) is 0 Å². The van der Waals surface area contributed by atoms with Gasteiger partial charge in [-0.15, -0.1) is 0 Å². The lowest BCUT2D eigenvalue weighted by Crippen LogP contribution is -1.92. The van der Waals surface area contributed by atoms with Crippen LogP contribution in [0, 0.1) is 15.9 Å². The lowest BCUT2D eigenvalue weighted by molar-refractivity contribution is -0.385. The van der Waals surface area contributed by atoms with Crippen LogP contribution in [0.4, 0.5) is 10.1 Å². The smallest absolute Gasteiger partial charge is 0.258 e. The number of nitro benzene ring substituents is 1. The molecule has 1 rings (SSSR count). The van der Waals surface area contributed by atoms with Gasteiger partial charge in [-0.25, -0.2) is 4.39 Å². The molecular weight excluding hydrogens is 252 g/mol. The third-order valence-corrected chi connectivity index (χ3v) is 2.26. The summed E-state index contributed by atoms with van der Waals surface area (Å²) >= 11 is 8.19. The molecule has 64 valence electrons. The molecule has 0 aromatic heterocycles. The van der Waals surface area contributed by atoms with Gasteiger partial charge in [-0.1, -0.05) is 11.6 Å². The largest absolute Gasteiger partial charge is 0.304 e. The Labute approximate surface area is 80.4 Å². The Kier molecular flexibility index (Phi) is 2.64. The summed E-state index contributed by atoms with van der Waals surface area (Å²) in [5.74, 6) is -0.703. The summed E-state index contributed by atoms with van der Waals surface area (Å²) in [5.41, 5.74) is -0.448. The Morgan fingerprint density at radius 3 is 2.58 bits per heavy atom. The first-order valence-electron chi connectivity index (χ1n) is 2.82. The van der Waals surface area contributed by atoms with E-state index >= 15 is 0 Å². The number of halogens is 3. The molecule has 0 fully saturated rings. The second-order valence-electron chi connectivity index (χ2n) is 1.95. The van der Waals surface area contributed by atoms with Crippen molar-refractivity contribution in [2.75, 3.05) is 0 Å². The molecule has 0 N–H and O–H groups in total. The molecule has 0 bridgehead atoms. The van der Waals surface area contributed by atoms with E-state index in [9.17, 15) is 14.5 Å². The highest BCUT2D eigenvalue weighted by molar-refractivity contribution is 9.10. The van der Waals surface area contributed by atoms with Gasteiger partial charge in [0.1, 0.15) is 15.3 Å². The van der Waals surface area contributed by atoms with E-state index in [-0.39, 0.29) is 9.50 Å². The summed E-state index contributed by atoms with van der Waals surface area (Å²) in [6, 6.07) is 2.19. The predicted octanol–water partition coefficient (Wildman–Crippen LogP) is 3.15. The van der Waals surface area contributed by atoms with Crippen molar-refractivity contribution >= 4 is 33.2 Å². The lowest BCUT2D eigenvalue weighted by atomic mass is 10.3. The number of nitro groups is 1. The Bertz CT molecular complexity index is 345. The Morgan fingerprint density at radius 2 is 2.17 bits per heavy atom. The molecule has 12 heavy (non-hydrogen) atoms. The minimum absolute atomic E-state index is 0.0896. The van der Waals surface area contributed by atoms with E-state index in [0.29, 0.717) is 0 Å². The van der Waals surface area contributed by atoms with Crippen LogP contribution >= 0.6 is 27.5 Å². The van der Waals surface area contributed by atoms with E-state index < -0.39 is 16.4 Å². The van der Waals surface area contributed by atoms with Gasteiger partial charge in [0, 0.05) is 0 Å². The van der Waals surface area contributed by atoms with Gasteiger partial charge in [-0.2, -0.15) is 0 Å². The maximum Gasteiger partial charge on any atom is 0.304 e. The standard InChI is InChI=1S/C6H2BrClFNO2/c7-5-4(9)2-1-3(8)6(5)10(11)12/h1-2H. The van der Waals surface area contributed by atoms with Crippen molar-refractivity contribution < 1.29 is 9.31 Å². The fourth-order valence-electron chi connectivity index (χ4n) is 0.684. The first kappa shape index (κ1) is 9.41. The molecule has 0 saturated carbocycles. The van der Waals surface area contributed by atoms with Crippen molar-refractivity contribution in [3.05, 3.63) is 37.6 Å². The molecule has 0 atom stereocenters. The lowest BCUT2D eigenvalue weighted by Gasteiger charge is -1.97. The third-order valence-electron chi connectivity index (χ3n) is 1.20. The fourth-order valence-corrected chi connectivity index (χ4v) is 1.51. The first-order chi connectivity index (χ1) is 5.54.